The van der Waals surface area contributed by atoms with Crippen LogP contribution in [0.15, 0.2) is 21.5 Å². The molecule has 2 rings (SSSR count). The molecule has 0 fully saturated rings. The SMILES string of the molecule is Cc1cc2c(=O)on(C(=O)OC(C)(C)C)c2cc1C. The van der Waals surface area contributed by atoms with E-state index in [0.29, 0.717) is 10.9 Å². The van der Waals surface area contributed by atoms with Crippen molar-refractivity contribution in [2.24, 2.45) is 0 Å². The Kier molecular flexibility index (Phi) is 3.00. The molecular weight excluding hydrogens is 246 g/mol. The molecule has 0 saturated carbocycles. The maximum absolute atomic E-state index is 12.0. The molecule has 0 N–H and O–H groups in total. The highest BCUT2D eigenvalue weighted by molar-refractivity contribution is 5.87. The Hall–Kier alpha value is -2.04. The summed E-state index contributed by atoms with van der Waals surface area (Å²) in [7, 11) is 0. The average Bonchev–Trinajstić information content (AvgIpc) is 2.55. The van der Waals surface area contributed by atoms with Crippen molar-refractivity contribution < 1.29 is 14.1 Å². The number of carbonyl (C=O) groups excluding carboxylic acids is 1. The number of ether oxygens (including phenoxy) is 1. The van der Waals surface area contributed by atoms with Crippen molar-refractivity contribution in [1.82, 2.24) is 4.74 Å². The molecule has 2 aromatic rings. The highest BCUT2D eigenvalue weighted by Gasteiger charge is 2.22. The third-order valence-electron chi connectivity index (χ3n) is 2.78. The Labute approximate surface area is 110 Å². The molecule has 1 aromatic heterocycles. The van der Waals surface area contributed by atoms with Crippen LogP contribution in [0.2, 0.25) is 0 Å². The highest BCUT2D eigenvalue weighted by atomic mass is 16.6. The minimum atomic E-state index is -0.692. The zero-order valence-corrected chi connectivity index (χ0v) is 11.7. The van der Waals surface area contributed by atoms with E-state index < -0.39 is 17.3 Å². The number of fused-ring (bicyclic) bond motifs is 1. The van der Waals surface area contributed by atoms with E-state index in [1.54, 1.807) is 32.9 Å². The number of benzene rings is 1. The standard InChI is InChI=1S/C14H17NO4/c1-8-6-10-11(7-9(8)2)15(19-12(10)16)13(17)18-14(3,4)5/h6-7H,1-5H3. The van der Waals surface area contributed by atoms with Gasteiger partial charge >= 0.3 is 11.7 Å². The van der Waals surface area contributed by atoms with E-state index in [9.17, 15) is 9.59 Å². The summed E-state index contributed by atoms with van der Waals surface area (Å²) in [5.41, 5.74) is 1.20. The molecule has 0 aliphatic carbocycles. The minimum Gasteiger partial charge on any atom is -0.441 e. The Balaban J connectivity index is 2.59. The topological polar surface area (TPSA) is 61.4 Å². The Bertz CT molecular complexity index is 701. The first-order valence-corrected chi connectivity index (χ1v) is 6.06. The molecule has 1 heterocycles. The first kappa shape index (κ1) is 13.4. The molecule has 102 valence electrons. The zero-order chi connectivity index (χ0) is 14.4. The number of hydrogen-bond donors (Lipinski definition) is 0. The molecule has 0 unspecified atom stereocenters. The summed E-state index contributed by atoms with van der Waals surface area (Å²) in [6.07, 6.45) is -0.692. The Morgan fingerprint density at radius 1 is 1.21 bits per heavy atom. The quantitative estimate of drug-likeness (QED) is 0.733. The summed E-state index contributed by atoms with van der Waals surface area (Å²) in [4.78, 5) is 23.7. The van der Waals surface area contributed by atoms with Gasteiger partial charge in [0.2, 0.25) is 0 Å². The van der Waals surface area contributed by atoms with Crippen LogP contribution < -0.4 is 5.63 Å². The lowest BCUT2D eigenvalue weighted by Crippen LogP contribution is -2.26. The van der Waals surface area contributed by atoms with Gasteiger partial charge in [0.05, 0.1) is 5.39 Å². The Morgan fingerprint density at radius 2 is 1.79 bits per heavy atom. The second kappa shape index (κ2) is 4.26. The molecule has 1 aromatic carbocycles. The number of carbonyl (C=O) groups is 1. The average molecular weight is 263 g/mol. The lowest BCUT2D eigenvalue weighted by Gasteiger charge is -2.18. The summed E-state index contributed by atoms with van der Waals surface area (Å²) in [5, 5.41) is 0.383. The number of aromatic nitrogens is 1. The molecular formula is C14H17NO4. The predicted octanol–water partition coefficient (Wildman–Crippen LogP) is 2.99. The normalized spacial score (nSPS) is 11.8. The summed E-state index contributed by atoms with van der Waals surface area (Å²) in [6, 6.07) is 3.47. The molecule has 0 amide bonds. The monoisotopic (exact) mass is 263 g/mol. The maximum atomic E-state index is 12.0. The number of rotatable bonds is 0. The fourth-order valence-corrected chi connectivity index (χ4v) is 1.75. The maximum Gasteiger partial charge on any atom is 0.448 e. The molecule has 0 saturated heterocycles. The van der Waals surface area contributed by atoms with E-state index in [4.69, 9.17) is 9.26 Å². The summed E-state index contributed by atoms with van der Waals surface area (Å²) < 4.78 is 11.1. The smallest absolute Gasteiger partial charge is 0.441 e. The van der Waals surface area contributed by atoms with Crippen molar-refractivity contribution in [2.45, 2.75) is 40.2 Å². The van der Waals surface area contributed by atoms with Crippen LogP contribution in [0, 0.1) is 13.8 Å². The van der Waals surface area contributed by atoms with Gasteiger partial charge in [-0.1, -0.05) is 0 Å². The van der Waals surface area contributed by atoms with Gasteiger partial charge in [-0.25, -0.2) is 9.59 Å². The fourth-order valence-electron chi connectivity index (χ4n) is 1.75. The molecule has 0 radical (unpaired) electrons. The third-order valence-corrected chi connectivity index (χ3v) is 2.78. The number of hydrogen-bond acceptors (Lipinski definition) is 4. The molecule has 0 atom stereocenters. The van der Waals surface area contributed by atoms with Gasteiger partial charge in [0, 0.05) is 0 Å². The largest absolute Gasteiger partial charge is 0.448 e. The number of aryl methyl sites for hydroxylation is 2. The summed E-state index contributed by atoms with van der Waals surface area (Å²) in [6.45, 7) is 9.07. The van der Waals surface area contributed by atoms with Crippen LogP contribution in [0.5, 0.6) is 0 Å². The summed E-state index contributed by atoms with van der Waals surface area (Å²) in [5.74, 6) is 0. The molecule has 0 bridgehead atoms. The third kappa shape index (κ3) is 2.54. The van der Waals surface area contributed by atoms with Gasteiger partial charge in [-0.15, -0.1) is 4.74 Å². The molecule has 5 heteroatoms. The summed E-state index contributed by atoms with van der Waals surface area (Å²) >= 11 is 0. The van der Waals surface area contributed by atoms with E-state index in [1.807, 2.05) is 13.8 Å². The van der Waals surface area contributed by atoms with Crippen LogP contribution in [0.3, 0.4) is 0 Å². The van der Waals surface area contributed by atoms with Gasteiger partial charge in [-0.2, -0.15) is 0 Å². The second-order valence-electron chi connectivity index (χ2n) is 5.61. The lowest BCUT2D eigenvalue weighted by atomic mass is 10.1. The molecule has 0 spiro atoms. The van der Waals surface area contributed by atoms with Crippen molar-refractivity contribution in [3.05, 3.63) is 33.7 Å². The van der Waals surface area contributed by atoms with Crippen LogP contribution in [0.1, 0.15) is 31.9 Å². The lowest BCUT2D eigenvalue weighted by molar-refractivity contribution is 0.0391. The first-order chi connectivity index (χ1) is 8.69. The van der Waals surface area contributed by atoms with Gasteiger partial charge in [0.15, 0.2) is 0 Å². The van der Waals surface area contributed by atoms with Gasteiger partial charge in [0.1, 0.15) is 11.1 Å². The predicted molar refractivity (Wildman–Crippen MR) is 71.6 cm³/mol. The van der Waals surface area contributed by atoms with Crippen LogP contribution in [0.25, 0.3) is 10.9 Å². The van der Waals surface area contributed by atoms with Crippen molar-refractivity contribution in [1.29, 1.82) is 0 Å². The van der Waals surface area contributed by atoms with Gasteiger partial charge < -0.3 is 9.26 Å². The first-order valence-electron chi connectivity index (χ1n) is 6.06. The minimum absolute atomic E-state index is 0.383. The van der Waals surface area contributed by atoms with Crippen molar-refractivity contribution in [3.8, 4) is 0 Å². The zero-order valence-electron chi connectivity index (χ0n) is 11.7. The van der Waals surface area contributed by atoms with Crippen LogP contribution in [-0.4, -0.2) is 16.4 Å². The van der Waals surface area contributed by atoms with Gasteiger partial charge in [0.25, 0.3) is 0 Å². The van der Waals surface area contributed by atoms with Crippen LogP contribution in [0.4, 0.5) is 4.79 Å². The van der Waals surface area contributed by atoms with Crippen molar-refractivity contribution in [3.63, 3.8) is 0 Å². The molecule has 5 nitrogen and oxygen atoms in total. The second-order valence-corrected chi connectivity index (χ2v) is 5.61. The molecule has 0 aliphatic heterocycles. The van der Waals surface area contributed by atoms with Crippen LogP contribution >= 0.6 is 0 Å². The van der Waals surface area contributed by atoms with Crippen molar-refractivity contribution >= 4 is 17.0 Å². The van der Waals surface area contributed by atoms with Crippen molar-refractivity contribution in [2.75, 3.05) is 0 Å². The van der Waals surface area contributed by atoms with Gasteiger partial charge in [-0.3, -0.25) is 0 Å². The molecule has 0 aliphatic rings. The van der Waals surface area contributed by atoms with E-state index in [1.165, 1.54) is 0 Å². The Morgan fingerprint density at radius 3 is 2.37 bits per heavy atom. The van der Waals surface area contributed by atoms with E-state index in [0.717, 1.165) is 15.9 Å². The van der Waals surface area contributed by atoms with E-state index >= 15 is 0 Å². The van der Waals surface area contributed by atoms with E-state index in [-0.39, 0.29) is 0 Å². The van der Waals surface area contributed by atoms with Crippen LogP contribution in [-0.2, 0) is 4.74 Å². The number of nitrogens with zero attached hydrogens (tertiary/aromatic N) is 1. The fraction of sp³-hybridized carbons (Fsp3) is 0.429. The van der Waals surface area contributed by atoms with E-state index in [2.05, 4.69) is 0 Å². The van der Waals surface area contributed by atoms with Gasteiger partial charge in [-0.05, 0) is 57.9 Å². The molecule has 19 heavy (non-hydrogen) atoms. The highest BCUT2D eigenvalue weighted by Crippen LogP contribution is 2.19.